The standard InChI is InChI=1S/C15H26N2/c1-5-13(3)17(6-2)14(4)12-16-15-10-8-7-9-11-15/h7-11,13-14,16H,5-6,12H2,1-4H3. The Morgan fingerprint density at radius 3 is 2.24 bits per heavy atom. The van der Waals surface area contributed by atoms with E-state index in [1.807, 2.05) is 6.07 Å². The molecule has 0 aliphatic heterocycles. The smallest absolute Gasteiger partial charge is 0.0340 e. The number of nitrogens with one attached hydrogen (secondary N) is 1. The van der Waals surface area contributed by atoms with E-state index in [9.17, 15) is 0 Å². The molecule has 2 nitrogen and oxygen atoms in total. The fraction of sp³-hybridized carbons (Fsp3) is 0.600. The molecule has 1 aromatic rings. The van der Waals surface area contributed by atoms with Gasteiger partial charge in [0.15, 0.2) is 0 Å². The highest BCUT2D eigenvalue weighted by molar-refractivity contribution is 5.42. The number of nitrogens with zero attached hydrogens (tertiary/aromatic N) is 1. The SMILES string of the molecule is CCC(C)N(CC)C(C)CNc1ccccc1. The van der Waals surface area contributed by atoms with Crippen LogP contribution in [0.2, 0.25) is 0 Å². The van der Waals surface area contributed by atoms with Crippen molar-refractivity contribution < 1.29 is 0 Å². The van der Waals surface area contributed by atoms with Gasteiger partial charge in [-0.3, -0.25) is 4.90 Å². The van der Waals surface area contributed by atoms with Gasteiger partial charge in [-0.1, -0.05) is 32.0 Å². The lowest BCUT2D eigenvalue weighted by Crippen LogP contribution is -2.43. The third kappa shape index (κ3) is 4.39. The summed E-state index contributed by atoms with van der Waals surface area (Å²) in [7, 11) is 0. The molecule has 0 aliphatic carbocycles. The lowest BCUT2D eigenvalue weighted by atomic mass is 10.1. The first-order valence-electron chi connectivity index (χ1n) is 6.73. The van der Waals surface area contributed by atoms with E-state index >= 15 is 0 Å². The molecule has 0 saturated heterocycles. The van der Waals surface area contributed by atoms with Crippen LogP contribution in [0.3, 0.4) is 0 Å². The van der Waals surface area contributed by atoms with E-state index in [4.69, 9.17) is 0 Å². The fourth-order valence-electron chi connectivity index (χ4n) is 2.23. The van der Waals surface area contributed by atoms with Crippen molar-refractivity contribution in [2.45, 2.75) is 46.2 Å². The molecular formula is C15H26N2. The van der Waals surface area contributed by atoms with E-state index < -0.39 is 0 Å². The molecule has 0 fully saturated rings. The van der Waals surface area contributed by atoms with Gasteiger partial charge in [0.25, 0.3) is 0 Å². The summed E-state index contributed by atoms with van der Waals surface area (Å²) in [5.74, 6) is 0. The Labute approximate surface area is 106 Å². The maximum Gasteiger partial charge on any atom is 0.0340 e. The fourth-order valence-corrected chi connectivity index (χ4v) is 2.23. The lowest BCUT2D eigenvalue weighted by Gasteiger charge is -2.33. The van der Waals surface area contributed by atoms with Gasteiger partial charge in [-0.05, 0) is 38.9 Å². The molecule has 17 heavy (non-hydrogen) atoms. The second-order valence-corrected chi connectivity index (χ2v) is 4.68. The first-order chi connectivity index (χ1) is 8.19. The van der Waals surface area contributed by atoms with Crippen molar-refractivity contribution in [1.82, 2.24) is 4.90 Å². The van der Waals surface area contributed by atoms with Gasteiger partial charge in [-0.25, -0.2) is 0 Å². The van der Waals surface area contributed by atoms with Gasteiger partial charge < -0.3 is 5.32 Å². The molecule has 2 atom stereocenters. The summed E-state index contributed by atoms with van der Waals surface area (Å²) in [5.41, 5.74) is 1.21. The minimum Gasteiger partial charge on any atom is -0.383 e. The van der Waals surface area contributed by atoms with Gasteiger partial charge in [-0.2, -0.15) is 0 Å². The van der Waals surface area contributed by atoms with E-state index in [1.165, 1.54) is 12.1 Å². The summed E-state index contributed by atoms with van der Waals surface area (Å²) < 4.78 is 0. The molecule has 0 heterocycles. The molecule has 1 N–H and O–H groups in total. The third-order valence-corrected chi connectivity index (χ3v) is 3.46. The predicted octanol–water partition coefficient (Wildman–Crippen LogP) is 3.61. The van der Waals surface area contributed by atoms with E-state index in [0.717, 1.165) is 13.1 Å². The average Bonchev–Trinajstić information content (AvgIpc) is 2.38. The van der Waals surface area contributed by atoms with Crippen molar-refractivity contribution in [2.75, 3.05) is 18.4 Å². The van der Waals surface area contributed by atoms with Crippen LogP contribution in [0.4, 0.5) is 5.69 Å². The van der Waals surface area contributed by atoms with Crippen molar-refractivity contribution in [1.29, 1.82) is 0 Å². The van der Waals surface area contributed by atoms with Crippen molar-refractivity contribution in [2.24, 2.45) is 0 Å². The summed E-state index contributed by atoms with van der Waals surface area (Å²) in [6, 6.07) is 11.6. The van der Waals surface area contributed by atoms with Crippen LogP contribution in [0.15, 0.2) is 30.3 Å². The van der Waals surface area contributed by atoms with Crippen LogP contribution in [0.25, 0.3) is 0 Å². The second-order valence-electron chi connectivity index (χ2n) is 4.68. The second kappa shape index (κ2) is 7.33. The molecule has 0 radical (unpaired) electrons. The van der Waals surface area contributed by atoms with Crippen LogP contribution in [0.1, 0.15) is 34.1 Å². The van der Waals surface area contributed by atoms with Gasteiger partial charge in [0, 0.05) is 24.3 Å². The van der Waals surface area contributed by atoms with Gasteiger partial charge in [-0.15, -0.1) is 0 Å². The van der Waals surface area contributed by atoms with E-state index in [0.29, 0.717) is 12.1 Å². The summed E-state index contributed by atoms with van der Waals surface area (Å²) in [6.07, 6.45) is 1.21. The monoisotopic (exact) mass is 234 g/mol. The first kappa shape index (κ1) is 14.0. The Hall–Kier alpha value is -1.02. The summed E-state index contributed by atoms with van der Waals surface area (Å²) in [6.45, 7) is 11.2. The van der Waals surface area contributed by atoms with Crippen molar-refractivity contribution in [3.63, 3.8) is 0 Å². The number of hydrogen-bond acceptors (Lipinski definition) is 2. The molecule has 0 bridgehead atoms. The van der Waals surface area contributed by atoms with Crippen LogP contribution in [0.5, 0.6) is 0 Å². The highest BCUT2D eigenvalue weighted by atomic mass is 15.2. The van der Waals surface area contributed by atoms with Crippen LogP contribution >= 0.6 is 0 Å². The third-order valence-electron chi connectivity index (χ3n) is 3.46. The molecule has 2 heteroatoms. The lowest BCUT2D eigenvalue weighted by molar-refractivity contribution is 0.165. The number of likely N-dealkylation sites (N-methyl/N-ethyl adjacent to an activating group) is 1. The Balaban J connectivity index is 2.45. The molecule has 2 unspecified atom stereocenters. The zero-order chi connectivity index (χ0) is 12.7. The van der Waals surface area contributed by atoms with Gasteiger partial charge in [0.1, 0.15) is 0 Å². The van der Waals surface area contributed by atoms with E-state index in [2.05, 4.69) is 62.2 Å². The normalized spacial score (nSPS) is 14.6. The zero-order valence-electron chi connectivity index (χ0n) is 11.6. The molecule has 0 spiro atoms. The summed E-state index contributed by atoms with van der Waals surface area (Å²) in [4.78, 5) is 2.55. The van der Waals surface area contributed by atoms with Gasteiger partial charge in [0.2, 0.25) is 0 Å². The molecule has 1 aromatic carbocycles. The van der Waals surface area contributed by atoms with Crippen LogP contribution in [0, 0.1) is 0 Å². The van der Waals surface area contributed by atoms with E-state index in [-0.39, 0.29) is 0 Å². The largest absolute Gasteiger partial charge is 0.383 e. The number of hydrogen-bond donors (Lipinski definition) is 1. The molecule has 0 saturated carbocycles. The number of anilines is 1. The Kier molecular flexibility index (Phi) is 6.06. The molecule has 1 rings (SSSR count). The highest BCUT2D eigenvalue weighted by Crippen LogP contribution is 2.10. The Morgan fingerprint density at radius 2 is 1.71 bits per heavy atom. The minimum absolute atomic E-state index is 0.565. The van der Waals surface area contributed by atoms with Crippen LogP contribution in [-0.2, 0) is 0 Å². The molecule has 0 aliphatic rings. The van der Waals surface area contributed by atoms with Crippen LogP contribution in [-0.4, -0.2) is 30.1 Å². The number of benzene rings is 1. The Bertz CT molecular complexity index is 297. The highest BCUT2D eigenvalue weighted by Gasteiger charge is 2.16. The number of para-hydroxylation sites is 1. The maximum absolute atomic E-state index is 3.50. The summed E-state index contributed by atoms with van der Waals surface area (Å²) in [5, 5.41) is 3.50. The molecular weight excluding hydrogens is 208 g/mol. The molecule has 0 aromatic heterocycles. The number of rotatable bonds is 7. The van der Waals surface area contributed by atoms with Crippen molar-refractivity contribution >= 4 is 5.69 Å². The zero-order valence-corrected chi connectivity index (χ0v) is 11.6. The van der Waals surface area contributed by atoms with Gasteiger partial charge >= 0.3 is 0 Å². The predicted molar refractivity (Wildman–Crippen MR) is 76.5 cm³/mol. The van der Waals surface area contributed by atoms with Gasteiger partial charge in [0.05, 0.1) is 0 Å². The maximum atomic E-state index is 3.50. The van der Waals surface area contributed by atoms with Crippen molar-refractivity contribution in [3.05, 3.63) is 30.3 Å². The van der Waals surface area contributed by atoms with Crippen LogP contribution < -0.4 is 5.32 Å². The van der Waals surface area contributed by atoms with Crippen molar-refractivity contribution in [3.8, 4) is 0 Å². The Morgan fingerprint density at radius 1 is 1.06 bits per heavy atom. The quantitative estimate of drug-likeness (QED) is 0.775. The first-order valence-corrected chi connectivity index (χ1v) is 6.73. The topological polar surface area (TPSA) is 15.3 Å². The average molecular weight is 234 g/mol. The molecule has 96 valence electrons. The summed E-state index contributed by atoms with van der Waals surface area (Å²) >= 11 is 0. The molecule has 0 amide bonds. The van der Waals surface area contributed by atoms with E-state index in [1.54, 1.807) is 0 Å². The minimum atomic E-state index is 0.565.